The number of rotatable bonds is 6. The van der Waals surface area contributed by atoms with Gasteiger partial charge in [0.1, 0.15) is 0 Å². The fourth-order valence-corrected chi connectivity index (χ4v) is 3.20. The summed E-state index contributed by atoms with van der Waals surface area (Å²) >= 11 is 1.38. The maximum atomic E-state index is 12.0. The number of hydrogen-bond acceptors (Lipinski definition) is 4. The molecule has 0 aliphatic heterocycles. The number of fused-ring (bicyclic) bond motifs is 1. The lowest BCUT2D eigenvalue weighted by Gasteiger charge is -2.20. The molecule has 1 heterocycles. The molecule has 7 heteroatoms. The van der Waals surface area contributed by atoms with Gasteiger partial charge < -0.3 is 15.2 Å². The van der Waals surface area contributed by atoms with Gasteiger partial charge in [-0.05, 0) is 39.8 Å². The van der Waals surface area contributed by atoms with Crippen molar-refractivity contribution in [3.05, 3.63) is 24.3 Å². The van der Waals surface area contributed by atoms with E-state index in [9.17, 15) is 9.59 Å². The number of carbonyl (C=O) groups is 2. The van der Waals surface area contributed by atoms with Gasteiger partial charge >= 0.3 is 0 Å². The first-order chi connectivity index (χ1) is 11.3. The molecule has 0 fully saturated rings. The molecule has 6 nitrogen and oxygen atoms in total. The molecule has 24 heavy (non-hydrogen) atoms. The van der Waals surface area contributed by atoms with Crippen LogP contribution in [0.3, 0.4) is 0 Å². The molecule has 2 N–H and O–H groups in total. The highest BCUT2D eigenvalue weighted by Crippen LogP contribution is 2.23. The molecule has 0 atom stereocenters. The number of hydrogen-bond donors (Lipinski definition) is 2. The van der Waals surface area contributed by atoms with Crippen molar-refractivity contribution >= 4 is 34.6 Å². The lowest BCUT2D eigenvalue weighted by atomic mass is 10.1. The van der Waals surface area contributed by atoms with Crippen molar-refractivity contribution in [2.45, 2.75) is 44.9 Å². The second-order valence-electron chi connectivity index (χ2n) is 6.49. The second kappa shape index (κ2) is 7.70. The third-order valence-electron chi connectivity index (χ3n) is 3.23. The molecule has 0 aliphatic rings. The van der Waals surface area contributed by atoms with Gasteiger partial charge in [0, 0.05) is 12.1 Å². The van der Waals surface area contributed by atoms with Gasteiger partial charge in [0.2, 0.25) is 11.8 Å². The summed E-state index contributed by atoms with van der Waals surface area (Å²) in [6.07, 6.45) is 0. The fraction of sp³-hybridized carbons (Fsp3) is 0.471. The van der Waals surface area contributed by atoms with Crippen molar-refractivity contribution in [3.8, 4) is 0 Å². The van der Waals surface area contributed by atoms with Gasteiger partial charge in [-0.25, -0.2) is 4.98 Å². The van der Waals surface area contributed by atoms with Gasteiger partial charge in [-0.2, -0.15) is 0 Å². The van der Waals surface area contributed by atoms with Crippen LogP contribution in [0.5, 0.6) is 0 Å². The quantitative estimate of drug-likeness (QED) is 0.785. The molecule has 0 unspecified atom stereocenters. The number of benzene rings is 1. The maximum Gasteiger partial charge on any atom is 0.239 e. The Bertz CT molecular complexity index is 734. The normalized spacial score (nSPS) is 11.5. The van der Waals surface area contributed by atoms with Crippen LogP contribution in [-0.2, 0) is 16.1 Å². The highest BCUT2D eigenvalue weighted by Gasteiger charge is 2.15. The van der Waals surface area contributed by atoms with Gasteiger partial charge in [-0.1, -0.05) is 23.9 Å². The molecule has 0 spiro atoms. The van der Waals surface area contributed by atoms with Crippen LogP contribution in [0.25, 0.3) is 11.0 Å². The van der Waals surface area contributed by atoms with Crippen LogP contribution in [-0.4, -0.2) is 39.2 Å². The Morgan fingerprint density at radius 3 is 2.58 bits per heavy atom. The van der Waals surface area contributed by atoms with Gasteiger partial charge in [0.15, 0.2) is 5.16 Å². The second-order valence-corrected chi connectivity index (χ2v) is 7.43. The molecule has 0 aliphatic carbocycles. The Hall–Kier alpha value is -2.02. The molecule has 2 aromatic rings. The number of nitrogens with zero attached hydrogens (tertiary/aromatic N) is 2. The summed E-state index contributed by atoms with van der Waals surface area (Å²) in [6, 6.07) is 7.91. The van der Waals surface area contributed by atoms with Gasteiger partial charge in [-0.15, -0.1) is 0 Å². The van der Waals surface area contributed by atoms with E-state index in [-0.39, 0.29) is 29.7 Å². The smallest absolute Gasteiger partial charge is 0.239 e. The summed E-state index contributed by atoms with van der Waals surface area (Å²) < 4.78 is 2.08. The summed E-state index contributed by atoms with van der Waals surface area (Å²) in [5, 5.41) is 6.26. The van der Waals surface area contributed by atoms with Crippen LogP contribution >= 0.6 is 11.8 Å². The SMILES string of the molecule is CCn1c(SCC(=O)NCC(=O)NC(C)(C)C)nc2ccccc21. The number of aromatic nitrogens is 2. The molecule has 1 aromatic heterocycles. The van der Waals surface area contributed by atoms with Crippen LogP contribution < -0.4 is 10.6 Å². The van der Waals surface area contributed by atoms with Crippen LogP contribution in [0, 0.1) is 0 Å². The number of thioether (sulfide) groups is 1. The van der Waals surface area contributed by atoms with Crippen molar-refractivity contribution in [1.29, 1.82) is 0 Å². The van der Waals surface area contributed by atoms with Crippen LogP contribution in [0.1, 0.15) is 27.7 Å². The summed E-state index contributed by atoms with van der Waals surface area (Å²) in [5.41, 5.74) is 1.68. The predicted octanol–water partition coefficient (Wildman–Crippen LogP) is 2.18. The Morgan fingerprint density at radius 1 is 1.21 bits per heavy atom. The Balaban J connectivity index is 1.89. The van der Waals surface area contributed by atoms with Crippen molar-refractivity contribution in [3.63, 3.8) is 0 Å². The fourth-order valence-electron chi connectivity index (χ4n) is 2.29. The van der Waals surface area contributed by atoms with Gasteiger partial charge in [0.05, 0.1) is 23.3 Å². The average molecular weight is 348 g/mol. The molecular formula is C17H24N4O2S. The van der Waals surface area contributed by atoms with E-state index < -0.39 is 0 Å². The number of aryl methyl sites for hydroxylation is 1. The van der Waals surface area contributed by atoms with Crippen LogP contribution in [0.4, 0.5) is 0 Å². The Labute approximate surface area is 146 Å². The summed E-state index contributed by atoms with van der Waals surface area (Å²) in [5.74, 6) is -0.146. The number of nitrogens with one attached hydrogen (secondary N) is 2. The van der Waals surface area contributed by atoms with Crippen molar-refractivity contribution < 1.29 is 9.59 Å². The van der Waals surface area contributed by atoms with Gasteiger partial charge in [-0.3, -0.25) is 9.59 Å². The summed E-state index contributed by atoms with van der Waals surface area (Å²) in [6.45, 7) is 8.53. The van der Waals surface area contributed by atoms with Crippen LogP contribution in [0.15, 0.2) is 29.4 Å². The predicted molar refractivity (Wildman–Crippen MR) is 97.0 cm³/mol. The van der Waals surface area contributed by atoms with E-state index in [1.54, 1.807) is 0 Å². The molecule has 0 bridgehead atoms. The van der Waals surface area contributed by atoms with E-state index >= 15 is 0 Å². The first-order valence-electron chi connectivity index (χ1n) is 7.96. The first kappa shape index (κ1) is 18.3. The molecule has 2 rings (SSSR count). The standard InChI is InChI=1S/C17H24N4O2S/c1-5-21-13-9-7-6-8-12(13)19-16(21)24-11-15(23)18-10-14(22)20-17(2,3)4/h6-9H,5,10-11H2,1-4H3,(H,18,23)(H,20,22). The molecule has 1 aromatic carbocycles. The summed E-state index contributed by atoms with van der Waals surface area (Å²) in [7, 11) is 0. The molecule has 2 amide bonds. The monoisotopic (exact) mass is 348 g/mol. The van der Waals surface area contributed by atoms with Crippen molar-refractivity contribution in [2.75, 3.05) is 12.3 Å². The Kier molecular flexibility index (Phi) is 5.88. The third-order valence-corrected chi connectivity index (χ3v) is 4.21. The number of carbonyl (C=O) groups excluding carboxylic acids is 2. The van der Waals surface area contributed by atoms with E-state index in [1.807, 2.05) is 45.0 Å². The number of imidazole rings is 1. The van der Waals surface area contributed by atoms with Crippen molar-refractivity contribution in [1.82, 2.24) is 20.2 Å². The van der Waals surface area contributed by atoms with E-state index in [1.165, 1.54) is 11.8 Å². The van der Waals surface area contributed by atoms with E-state index in [2.05, 4.69) is 27.1 Å². The molecule has 0 radical (unpaired) electrons. The van der Waals surface area contributed by atoms with Crippen LogP contribution in [0.2, 0.25) is 0 Å². The lowest BCUT2D eigenvalue weighted by molar-refractivity contribution is -0.125. The Morgan fingerprint density at radius 2 is 1.92 bits per heavy atom. The highest BCUT2D eigenvalue weighted by atomic mass is 32.2. The summed E-state index contributed by atoms with van der Waals surface area (Å²) in [4.78, 5) is 28.2. The number of para-hydroxylation sites is 2. The van der Waals surface area contributed by atoms with E-state index in [4.69, 9.17) is 0 Å². The minimum atomic E-state index is -0.303. The molecular weight excluding hydrogens is 324 g/mol. The minimum absolute atomic E-state index is 0.0130. The van der Waals surface area contributed by atoms with E-state index in [0.717, 1.165) is 22.7 Å². The largest absolute Gasteiger partial charge is 0.350 e. The maximum absolute atomic E-state index is 12.0. The van der Waals surface area contributed by atoms with E-state index in [0.29, 0.717) is 0 Å². The zero-order chi connectivity index (χ0) is 17.7. The molecule has 0 saturated heterocycles. The molecule has 0 saturated carbocycles. The van der Waals surface area contributed by atoms with Gasteiger partial charge in [0.25, 0.3) is 0 Å². The lowest BCUT2D eigenvalue weighted by Crippen LogP contribution is -2.46. The minimum Gasteiger partial charge on any atom is -0.350 e. The topological polar surface area (TPSA) is 76.0 Å². The highest BCUT2D eigenvalue weighted by molar-refractivity contribution is 7.99. The third kappa shape index (κ3) is 4.99. The average Bonchev–Trinajstić information content (AvgIpc) is 2.86. The zero-order valence-electron chi connectivity index (χ0n) is 14.5. The number of amides is 2. The first-order valence-corrected chi connectivity index (χ1v) is 8.94. The zero-order valence-corrected chi connectivity index (χ0v) is 15.4. The molecule has 130 valence electrons. The van der Waals surface area contributed by atoms with Crippen molar-refractivity contribution in [2.24, 2.45) is 0 Å².